The van der Waals surface area contributed by atoms with Crippen molar-refractivity contribution >= 4 is 33.2 Å². The van der Waals surface area contributed by atoms with Gasteiger partial charge >= 0.3 is 0 Å². The maximum Gasteiger partial charge on any atom is 0.279 e. The van der Waals surface area contributed by atoms with Crippen LogP contribution in [0.25, 0.3) is 0 Å². The molecule has 1 heterocycles. The van der Waals surface area contributed by atoms with Crippen molar-refractivity contribution in [2.75, 3.05) is 7.11 Å². The van der Waals surface area contributed by atoms with Crippen LogP contribution in [0.1, 0.15) is 36.9 Å². The molecule has 8 nitrogen and oxygen atoms in total. The zero-order valence-corrected chi connectivity index (χ0v) is 15.5. The molecule has 0 unspecified atom stereocenters. The Hall–Kier alpha value is -2.43. The van der Waals surface area contributed by atoms with Crippen LogP contribution in [-0.4, -0.2) is 27.3 Å². The van der Waals surface area contributed by atoms with Crippen molar-refractivity contribution < 1.29 is 22.7 Å². The van der Waals surface area contributed by atoms with E-state index in [4.69, 9.17) is 9.88 Å². The van der Waals surface area contributed by atoms with Crippen molar-refractivity contribution in [2.45, 2.75) is 24.2 Å². The average Bonchev–Trinajstić information content (AvgIpc) is 3.19. The molecular formula is C16H17N3O5S2. The zero-order valence-electron chi connectivity index (χ0n) is 13.9. The number of nitrogens with two attached hydrogens (primary N) is 1. The summed E-state index contributed by atoms with van der Waals surface area (Å²) < 4.78 is 28.0. The third-order valence-electron chi connectivity index (χ3n) is 4.00. The number of nitrogens with one attached hydrogen (secondary N) is 2. The number of amides is 2. The topological polar surface area (TPSA) is 128 Å². The number of carbonyl (C=O) groups excluding carboxylic acids is 2. The molecule has 4 N–H and O–H groups in total. The highest BCUT2D eigenvalue weighted by Gasteiger charge is 2.20. The van der Waals surface area contributed by atoms with Gasteiger partial charge in [0.1, 0.15) is 5.75 Å². The number of hydrogen-bond donors (Lipinski definition) is 3. The van der Waals surface area contributed by atoms with Crippen LogP contribution in [0.15, 0.2) is 29.2 Å². The highest BCUT2D eigenvalue weighted by molar-refractivity contribution is 7.89. The monoisotopic (exact) mass is 395 g/mol. The second kappa shape index (κ2) is 7.06. The molecule has 2 aromatic rings. The fraction of sp³-hybridized carbons (Fsp3) is 0.250. The quantitative estimate of drug-likeness (QED) is 0.665. The van der Waals surface area contributed by atoms with Crippen LogP contribution >= 0.6 is 11.3 Å². The summed E-state index contributed by atoms with van der Waals surface area (Å²) >= 11 is 1.41. The molecule has 0 fully saturated rings. The van der Waals surface area contributed by atoms with Gasteiger partial charge in [-0.15, -0.1) is 11.3 Å². The van der Waals surface area contributed by atoms with Gasteiger partial charge < -0.3 is 4.74 Å². The van der Waals surface area contributed by atoms with E-state index in [0.717, 1.165) is 25.3 Å². The predicted octanol–water partition coefficient (Wildman–Crippen LogP) is 0.968. The van der Waals surface area contributed by atoms with Crippen LogP contribution in [-0.2, 0) is 22.9 Å². The lowest BCUT2D eigenvalue weighted by molar-refractivity contribution is 0.0847. The van der Waals surface area contributed by atoms with Crippen LogP contribution in [0.3, 0.4) is 0 Å². The summed E-state index contributed by atoms with van der Waals surface area (Å²) in [5.74, 6) is -0.997. The van der Waals surface area contributed by atoms with Gasteiger partial charge in [0, 0.05) is 4.88 Å². The molecule has 3 rings (SSSR count). The predicted molar refractivity (Wildman–Crippen MR) is 95.6 cm³/mol. The first kappa shape index (κ1) is 18.4. The Balaban J connectivity index is 1.74. The van der Waals surface area contributed by atoms with E-state index < -0.39 is 21.8 Å². The first-order valence-electron chi connectivity index (χ1n) is 7.72. The molecule has 1 aromatic heterocycles. The number of methoxy groups -OCH3 is 1. The minimum absolute atomic E-state index is 0.0620. The molecule has 1 aromatic carbocycles. The molecular weight excluding hydrogens is 378 g/mol. The van der Waals surface area contributed by atoms with Crippen molar-refractivity contribution in [3.63, 3.8) is 0 Å². The number of hydrogen-bond acceptors (Lipinski definition) is 6. The van der Waals surface area contributed by atoms with Gasteiger partial charge in [-0.3, -0.25) is 20.4 Å². The SMILES string of the molecule is COc1ccc(S(N)(=O)=O)cc1C(=O)NNC(=O)c1cc2c(s1)CCC2. The molecule has 1 aliphatic carbocycles. The van der Waals surface area contributed by atoms with E-state index in [1.54, 1.807) is 0 Å². The van der Waals surface area contributed by atoms with Gasteiger partial charge in [-0.1, -0.05) is 0 Å². The summed E-state index contributed by atoms with van der Waals surface area (Å²) in [6.45, 7) is 0. The molecule has 1 aliphatic rings. The maximum absolute atomic E-state index is 12.3. The number of ether oxygens (including phenoxy) is 1. The van der Waals surface area contributed by atoms with Gasteiger partial charge in [-0.2, -0.15) is 0 Å². The number of thiophene rings is 1. The number of fused-ring (bicyclic) bond motifs is 1. The Morgan fingerprint density at radius 1 is 1.15 bits per heavy atom. The molecule has 0 atom stereocenters. The summed E-state index contributed by atoms with van der Waals surface area (Å²) in [5, 5.41) is 5.08. The summed E-state index contributed by atoms with van der Waals surface area (Å²) in [6.07, 6.45) is 3.03. The van der Waals surface area contributed by atoms with E-state index in [2.05, 4.69) is 10.9 Å². The largest absolute Gasteiger partial charge is 0.496 e. The smallest absolute Gasteiger partial charge is 0.279 e. The number of primary sulfonamides is 1. The van der Waals surface area contributed by atoms with Crippen LogP contribution in [0, 0.1) is 0 Å². The van der Waals surface area contributed by atoms with Gasteiger partial charge in [0.15, 0.2) is 0 Å². The second-order valence-electron chi connectivity index (χ2n) is 5.73. The Morgan fingerprint density at radius 2 is 1.88 bits per heavy atom. The number of rotatable bonds is 4. The summed E-state index contributed by atoms with van der Waals surface area (Å²) in [4.78, 5) is 26.0. The fourth-order valence-electron chi connectivity index (χ4n) is 2.72. The number of aryl methyl sites for hydroxylation is 2. The Labute approximate surface area is 154 Å². The number of sulfonamides is 1. The third kappa shape index (κ3) is 3.71. The van der Waals surface area contributed by atoms with Crippen molar-refractivity contribution in [1.29, 1.82) is 0 Å². The van der Waals surface area contributed by atoms with E-state index in [1.165, 1.54) is 41.0 Å². The first-order valence-corrected chi connectivity index (χ1v) is 10.1. The van der Waals surface area contributed by atoms with Gasteiger partial charge in [-0.25, -0.2) is 13.6 Å². The minimum Gasteiger partial charge on any atom is -0.496 e. The summed E-state index contributed by atoms with van der Waals surface area (Å²) in [5.41, 5.74) is 5.71. The molecule has 2 amide bonds. The Bertz CT molecular complexity index is 960. The van der Waals surface area contributed by atoms with Gasteiger partial charge in [0.25, 0.3) is 11.8 Å². The van der Waals surface area contributed by atoms with E-state index in [-0.39, 0.29) is 16.2 Å². The second-order valence-corrected chi connectivity index (χ2v) is 8.43. The lowest BCUT2D eigenvalue weighted by atomic mass is 10.2. The molecule has 0 aliphatic heterocycles. The number of carbonyl (C=O) groups is 2. The van der Waals surface area contributed by atoms with Crippen LogP contribution in [0.2, 0.25) is 0 Å². The summed E-state index contributed by atoms with van der Waals surface area (Å²) in [6, 6.07) is 5.48. The van der Waals surface area contributed by atoms with Gasteiger partial charge in [0.05, 0.1) is 22.4 Å². The van der Waals surface area contributed by atoms with Crippen molar-refractivity contribution in [3.05, 3.63) is 45.1 Å². The first-order chi connectivity index (χ1) is 12.3. The Kier molecular flexibility index (Phi) is 4.99. The molecule has 0 spiro atoms. The number of hydrazine groups is 1. The van der Waals surface area contributed by atoms with Crippen molar-refractivity contribution in [2.24, 2.45) is 5.14 Å². The van der Waals surface area contributed by atoms with Gasteiger partial charge in [-0.05, 0) is 49.1 Å². The normalized spacial score (nSPS) is 13.2. The lowest BCUT2D eigenvalue weighted by Gasteiger charge is -2.11. The molecule has 0 radical (unpaired) electrons. The lowest BCUT2D eigenvalue weighted by Crippen LogP contribution is -2.41. The van der Waals surface area contributed by atoms with E-state index in [0.29, 0.717) is 4.88 Å². The zero-order chi connectivity index (χ0) is 18.9. The fourth-order valence-corrected chi connectivity index (χ4v) is 4.41. The molecule has 0 saturated carbocycles. The van der Waals surface area contributed by atoms with Crippen LogP contribution in [0.4, 0.5) is 0 Å². The van der Waals surface area contributed by atoms with Crippen LogP contribution < -0.4 is 20.7 Å². The molecule has 26 heavy (non-hydrogen) atoms. The molecule has 138 valence electrons. The number of benzene rings is 1. The van der Waals surface area contributed by atoms with E-state index in [9.17, 15) is 18.0 Å². The molecule has 0 saturated heterocycles. The molecule has 10 heteroatoms. The maximum atomic E-state index is 12.3. The standard InChI is InChI=1S/C16H17N3O5S2/c1-24-12-6-5-10(26(17,22)23)8-11(12)15(20)18-19-16(21)14-7-9-3-2-4-13(9)25-14/h5-8H,2-4H2,1H3,(H,18,20)(H,19,21)(H2,17,22,23). The average molecular weight is 395 g/mol. The van der Waals surface area contributed by atoms with Crippen molar-refractivity contribution in [3.8, 4) is 5.75 Å². The highest BCUT2D eigenvalue weighted by atomic mass is 32.2. The van der Waals surface area contributed by atoms with E-state index in [1.807, 2.05) is 6.07 Å². The summed E-state index contributed by atoms with van der Waals surface area (Å²) in [7, 11) is -2.64. The highest BCUT2D eigenvalue weighted by Crippen LogP contribution is 2.30. The van der Waals surface area contributed by atoms with Crippen molar-refractivity contribution in [1.82, 2.24) is 10.9 Å². The Morgan fingerprint density at radius 3 is 2.54 bits per heavy atom. The van der Waals surface area contributed by atoms with E-state index >= 15 is 0 Å². The molecule has 0 bridgehead atoms. The minimum atomic E-state index is -3.98. The third-order valence-corrected chi connectivity index (χ3v) is 6.15. The van der Waals surface area contributed by atoms with Gasteiger partial charge in [0.2, 0.25) is 10.0 Å². The van der Waals surface area contributed by atoms with Crippen LogP contribution in [0.5, 0.6) is 5.75 Å².